The lowest BCUT2D eigenvalue weighted by Gasteiger charge is -2.55. The van der Waals surface area contributed by atoms with Gasteiger partial charge in [0.2, 0.25) is 5.91 Å². The Bertz CT molecular complexity index is 295. The number of hydrogen-bond donors (Lipinski definition) is 0. The Labute approximate surface area is 104 Å². The van der Waals surface area contributed by atoms with Gasteiger partial charge in [0, 0.05) is 24.4 Å². The Kier molecular flexibility index (Phi) is 2.89. The standard InChI is InChI=1S/C14H24N2O/c1-2-15-8-6-14(7-9-15)10-16(11-14)13(17)12-4-3-5-12/h12H,2-11H2,1H3. The number of likely N-dealkylation sites (tertiary alicyclic amines) is 2. The molecule has 0 aromatic carbocycles. The van der Waals surface area contributed by atoms with E-state index in [-0.39, 0.29) is 0 Å². The fourth-order valence-electron chi connectivity index (χ4n) is 3.49. The van der Waals surface area contributed by atoms with Crippen molar-refractivity contribution in [2.45, 2.75) is 39.0 Å². The van der Waals surface area contributed by atoms with Crippen LogP contribution in [0.5, 0.6) is 0 Å². The number of carbonyl (C=O) groups is 1. The SMILES string of the molecule is CCN1CCC2(CC1)CN(C(=O)C1CCC1)C2. The van der Waals surface area contributed by atoms with Gasteiger partial charge in [0.05, 0.1) is 0 Å². The van der Waals surface area contributed by atoms with Crippen molar-refractivity contribution in [2.75, 3.05) is 32.7 Å². The molecule has 0 N–H and O–H groups in total. The normalized spacial score (nSPS) is 28.9. The van der Waals surface area contributed by atoms with Crippen LogP contribution in [-0.2, 0) is 4.79 Å². The summed E-state index contributed by atoms with van der Waals surface area (Å²) in [6.07, 6.45) is 6.16. The third-order valence-electron chi connectivity index (χ3n) is 5.18. The molecule has 1 amide bonds. The van der Waals surface area contributed by atoms with E-state index < -0.39 is 0 Å². The van der Waals surface area contributed by atoms with Gasteiger partial charge in [-0.25, -0.2) is 0 Å². The highest BCUT2D eigenvalue weighted by molar-refractivity contribution is 5.80. The van der Waals surface area contributed by atoms with Gasteiger partial charge >= 0.3 is 0 Å². The zero-order chi connectivity index (χ0) is 11.9. The van der Waals surface area contributed by atoms with Crippen molar-refractivity contribution in [2.24, 2.45) is 11.3 Å². The molecule has 0 radical (unpaired) electrons. The maximum Gasteiger partial charge on any atom is 0.225 e. The first-order valence-corrected chi connectivity index (χ1v) is 7.24. The van der Waals surface area contributed by atoms with E-state index in [2.05, 4.69) is 16.7 Å². The molecule has 2 saturated heterocycles. The fourth-order valence-corrected chi connectivity index (χ4v) is 3.49. The predicted molar refractivity (Wildman–Crippen MR) is 67.7 cm³/mol. The molecule has 0 unspecified atom stereocenters. The summed E-state index contributed by atoms with van der Waals surface area (Å²) < 4.78 is 0. The Morgan fingerprint density at radius 1 is 1.24 bits per heavy atom. The minimum absolute atomic E-state index is 0.392. The van der Waals surface area contributed by atoms with Crippen molar-refractivity contribution in [3.05, 3.63) is 0 Å². The third-order valence-corrected chi connectivity index (χ3v) is 5.18. The van der Waals surface area contributed by atoms with Crippen LogP contribution in [0.1, 0.15) is 39.0 Å². The maximum atomic E-state index is 12.1. The van der Waals surface area contributed by atoms with E-state index in [4.69, 9.17) is 0 Å². The molecule has 3 nitrogen and oxygen atoms in total. The lowest BCUT2D eigenvalue weighted by molar-refractivity contribution is -0.153. The Morgan fingerprint density at radius 2 is 1.88 bits per heavy atom. The highest BCUT2D eigenvalue weighted by atomic mass is 16.2. The number of hydrogen-bond acceptors (Lipinski definition) is 2. The smallest absolute Gasteiger partial charge is 0.225 e. The summed E-state index contributed by atoms with van der Waals surface area (Å²) in [4.78, 5) is 16.7. The minimum atomic E-state index is 0.392. The van der Waals surface area contributed by atoms with Gasteiger partial charge in [-0.3, -0.25) is 4.79 Å². The van der Waals surface area contributed by atoms with E-state index >= 15 is 0 Å². The first kappa shape index (κ1) is 11.5. The van der Waals surface area contributed by atoms with E-state index in [1.165, 1.54) is 38.9 Å². The maximum absolute atomic E-state index is 12.1. The topological polar surface area (TPSA) is 23.6 Å². The molecule has 3 heteroatoms. The zero-order valence-electron chi connectivity index (χ0n) is 11.0. The van der Waals surface area contributed by atoms with Crippen LogP contribution in [0.4, 0.5) is 0 Å². The highest BCUT2D eigenvalue weighted by Crippen LogP contribution is 2.42. The number of piperidine rings is 1. The lowest BCUT2D eigenvalue weighted by Crippen LogP contribution is -2.63. The monoisotopic (exact) mass is 236 g/mol. The first-order chi connectivity index (χ1) is 8.22. The van der Waals surface area contributed by atoms with E-state index in [9.17, 15) is 4.79 Å². The van der Waals surface area contributed by atoms with Crippen LogP contribution in [-0.4, -0.2) is 48.4 Å². The summed E-state index contributed by atoms with van der Waals surface area (Å²) in [5.74, 6) is 0.850. The number of nitrogens with zero attached hydrogens (tertiary/aromatic N) is 2. The van der Waals surface area contributed by atoms with Gasteiger partial charge in [0.25, 0.3) is 0 Å². The average Bonchev–Trinajstić information content (AvgIpc) is 2.23. The molecular formula is C14H24N2O. The third kappa shape index (κ3) is 1.99. The van der Waals surface area contributed by atoms with Crippen molar-refractivity contribution in [1.82, 2.24) is 9.80 Å². The zero-order valence-corrected chi connectivity index (χ0v) is 11.0. The van der Waals surface area contributed by atoms with E-state index in [0.29, 0.717) is 17.2 Å². The van der Waals surface area contributed by atoms with Crippen LogP contribution >= 0.6 is 0 Å². The molecular weight excluding hydrogens is 212 g/mol. The largest absolute Gasteiger partial charge is 0.341 e. The van der Waals surface area contributed by atoms with Crippen molar-refractivity contribution < 1.29 is 4.79 Å². The fraction of sp³-hybridized carbons (Fsp3) is 0.929. The summed E-state index contributed by atoms with van der Waals surface area (Å²) in [5, 5.41) is 0. The molecule has 1 aliphatic carbocycles. The molecule has 0 aromatic heterocycles. The van der Waals surface area contributed by atoms with Gasteiger partial charge in [0.15, 0.2) is 0 Å². The van der Waals surface area contributed by atoms with Crippen LogP contribution in [0.15, 0.2) is 0 Å². The van der Waals surface area contributed by atoms with Crippen molar-refractivity contribution in [3.63, 3.8) is 0 Å². The van der Waals surface area contributed by atoms with Gasteiger partial charge in [-0.1, -0.05) is 13.3 Å². The van der Waals surface area contributed by atoms with Crippen LogP contribution in [0.25, 0.3) is 0 Å². The van der Waals surface area contributed by atoms with Crippen molar-refractivity contribution in [3.8, 4) is 0 Å². The quantitative estimate of drug-likeness (QED) is 0.729. The first-order valence-electron chi connectivity index (χ1n) is 7.24. The summed E-state index contributed by atoms with van der Waals surface area (Å²) in [6.45, 7) is 8.01. The molecule has 0 atom stereocenters. The highest BCUT2D eigenvalue weighted by Gasteiger charge is 2.47. The molecule has 3 fully saturated rings. The molecule has 2 heterocycles. The van der Waals surface area contributed by atoms with Crippen LogP contribution < -0.4 is 0 Å². The number of carbonyl (C=O) groups excluding carboxylic acids is 1. The molecule has 96 valence electrons. The molecule has 2 aliphatic heterocycles. The molecule has 1 saturated carbocycles. The minimum Gasteiger partial charge on any atom is -0.341 e. The second-order valence-corrected chi connectivity index (χ2v) is 6.26. The van der Waals surface area contributed by atoms with Gasteiger partial charge in [0.1, 0.15) is 0 Å². The second kappa shape index (κ2) is 4.27. The molecule has 0 aromatic rings. The van der Waals surface area contributed by atoms with Crippen molar-refractivity contribution >= 4 is 5.91 Å². The summed E-state index contributed by atoms with van der Waals surface area (Å²) in [6, 6.07) is 0. The Hall–Kier alpha value is -0.570. The Balaban J connectivity index is 1.49. The van der Waals surface area contributed by atoms with Crippen LogP contribution in [0, 0.1) is 11.3 Å². The molecule has 0 bridgehead atoms. The van der Waals surface area contributed by atoms with Gasteiger partial charge < -0.3 is 9.80 Å². The molecule has 3 rings (SSSR count). The number of rotatable bonds is 2. The summed E-state index contributed by atoms with van der Waals surface area (Å²) in [7, 11) is 0. The number of amides is 1. The molecule has 3 aliphatic rings. The molecule has 1 spiro atoms. The summed E-state index contributed by atoms with van der Waals surface area (Å²) in [5.41, 5.74) is 0.505. The second-order valence-electron chi connectivity index (χ2n) is 6.26. The van der Waals surface area contributed by atoms with Gasteiger partial charge in [-0.05, 0) is 45.3 Å². The van der Waals surface area contributed by atoms with E-state index in [1.807, 2.05) is 0 Å². The van der Waals surface area contributed by atoms with Crippen molar-refractivity contribution in [1.29, 1.82) is 0 Å². The predicted octanol–water partition coefficient (Wildman–Crippen LogP) is 1.73. The van der Waals surface area contributed by atoms with E-state index in [0.717, 1.165) is 25.9 Å². The van der Waals surface area contributed by atoms with E-state index in [1.54, 1.807) is 0 Å². The lowest BCUT2D eigenvalue weighted by atomic mass is 9.71. The van der Waals surface area contributed by atoms with Gasteiger partial charge in [-0.2, -0.15) is 0 Å². The molecule has 17 heavy (non-hydrogen) atoms. The van der Waals surface area contributed by atoms with Crippen LogP contribution in [0.2, 0.25) is 0 Å². The summed E-state index contributed by atoms with van der Waals surface area (Å²) >= 11 is 0. The van der Waals surface area contributed by atoms with Crippen LogP contribution in [0.3, 0.4) is 0 Å². The Morgan fingerprint density at radius 3 is 2.35 bits per heavy atom. The van der Waals surface area contributed by atoms with Gasteiger partial charge in [-0.15, -0.1) is 0 Å². The average molecular weight is 236 g/mol.